The lowest BCUT2D eigenvalue weighted by atomic mass is 9.47. The monoisotopic (exact) mass is 1010 g/mol. The number of hydrogen-bond donors (Lipinski definition) is 0. The average molecular weight is 1010 g/mol. The number of carbonyl (C=O) groups is 5. The SMILES string of the molecule is CCCCCCCCCCCCCCCC(=O)OCC(COC(=O)CCCCCCCCCCCCCCC)OC(=O)CC(C)CCC(C)C(=O)OC1CC[C@H]2[C@@H]3CCC4=CC(=O)CC[C@]4(C)[C@H]3CC[C@]12C. The van der Waals surface area contributed by atoms with Crippen LogP contribution in [0.15, 0.2) is 11.6 Å². The molecule has 0 aromatic rings. The van der Waals surface area contributed by atoms with Crippen LogP contribution in [0.25, 0.3) is 0 Å². The Labute approximate surface area is 440 Å². The number of carbonyl (C=O) groups excluding carboxylic acids is 5. The second kappa shape index (κ2) is 34.8. The number of rotatable bonds is 40. The summed E-state index contributed by atoms with van der Waals surface area (Å²) in [6.45, 7) is 12.9. The van der Waals surface area contributed by atoms with Crippen molar-refractivity contribution in [2.45, 2.75) is 304 Å². The molecule has 0 saturated heterocycles. The van der Waals surface area contributed by atoms with Gasteiger partial charge in [0, 0.05) is 31.1 Å². The first kappa shape index (κ1) is 61.8. The van der Waals surface area contributed by atoms with Crippen LogP contribution in [-0.4, -0.2) is 55.1 Å². The van der Waals surface area contributed by atoms with Gasteiger partial charge in [-0.1, -0.05) is 201 Å². The Kier molecular flexibility index (Phi) is 29.9. The summed E-state index contributed by atoms with van der Waals surface area (Å²) in [5.41, 5.74) is 1.49. The summed E-state index contributed by atoms with van der Waals surface area (Å²) < 4.78 is 23.5. The minimum Gasteiger partial charge on any atom is -0.462 e. The maximum absolute atomic E-state index is 13.6. The average Bonchev–Trinajstić information content (AvgIpc) is 3.69. The van der Waals surface area contributed by atoms with Crippen LogP contribution in [0.1, 0.15) is 292 Å². The van der Waals surface area contributed by atoms with Gasteiger partial charge in [-0.05, 0) is 106 Å². The summed E-state index contributed by atoms with van der Waals surface area (Å²) in [4.78, 5) is 64.9. The highest BCUT2D eigenvalue weighted by Gasteiger charge is 2.60. The van der Waals surface area contributed by atoms with Gasteiger partial charge < -0.3 is 18.9 Å². The van der Waals surface area contributed by atoms with Crippen molar-refractivity contribution < 1.29 is 42.9 Å². The molecule has 0 N–H and O–H groups in total. The molecule has 3 fully saturated rings. The molecule has 0 amide bonds. The van der Waals surface area contributed by atoms with Crippen molar-refractivity contribution in [2.75, 3.05) is 13.2 Å². The van der Waals surface area contributed by atoms with E-state index in [2.05, 4.69) is 27.7 Å². The predicted octanol–water partition coefficient (Wildman–Crippen LogP) is 16.8. The predicted molar refractivity (Wildman–Crippen MR) is 291 cm³/mol. The molecular weight excluding hydrogens is 901 g/mol. The molecule has 3 saturated carbocycles. The van der Waals surface area contributed by atoms with Gasteiger partial charge in [0.15, 0.2) is 11.9 Å². The zero-order valence-electron chi connectivity index (χ0n) is 47.3. The van der Waals surface area contributed by atoms with Gasteiger partial charge in [0.25, 0.3) is 0 Å². The van der Waals surface area contributed by atoms with Gasteiger partial charge in [-0.15, -0.1) is 0 Å². The van der Waals surface area contributed by atoms with Gasteiger partial charge in [0.05, 0.1) is 5.92 Å². The zero-order valence-corrected chi connectivity index (χ0v) is 47.3. The standard InChI is InChI=1S/C63H108O9/c1-7-9-11-13-15-17-19-21-23-25-27-29-31-33-58(65)69-47-53(48-70-59(66)34-32-30-28-26-24-22-20-18-16-14-12-10-8-2)71-60(67)45-49(3)35-36-50(4)61(68)72-57-40-39-55-54-38-37-51-46-52(64)41-43-62(51,5)56(54)42-44-63(55,57)6/h46,49-50,53-57H,7-45,47-48H2,1-6H3/t49?,50?,54-,55-,56-,57?,62-,63-/m0/s1. The lowest BCUT2D eigenvalue weighted by Gasteiger charge is -2.57. The molecule has 0 heterocycles. The highest BCUT2D eigenvalue weighted by molar-refractivity contribution is 5.91. The van der Waals surface area contributed by atoms with Crippen LogP contribution in [0.2, 0.25) is 0 Å². The number of hydrogen-bond acceptors (Lipinski definition) is 9. The van der Waals surface area contributed by atoms with E-state index in [-0.39, 0.29) is 66.3 Å². The number of allylic oxidation sites excluding steroid dienone is 1. The van der Waals surface area contributed by atoms with Crippen molar-refractivity contribution in [3.05, 3.63) is 11.6 Å². The molecule has 72 heavy (non-hydrogen) atoms. The van der Waals surface area contributed by atoms with Crippen LogP contribution >= 0.6 is 0 Å². The highest BCUT2D eigenvalue weighted by atomic mass is 16.6. The maximum Gasteiger partial charge on any atom is 0.308 e. The fraction of sp³-hybridized carbons (Fsp3) is 0.889. The third kappa shape index (κ3) is 21.9. The van der Waals surface area contributed by atoms with Crippen molar-refractivity contribution >= 4 is 29.7 Å². The number of ketones is 1. The van der Waals surface area contributed by atoms with E-state index in [1.54, 1.807) is 0 Å². The van der Waals surface area contributed by atoms with Crippen LogP contribution in [0, 0.1) is 40.4 Å². The van der Waals surface area contributed by atoms with Crippen LogP contribution in [0.5, 0.6) is 0 Å². The van der Waals surface area contributed by atoms with E-state index in [9.17, 15) is 24.0 Å². The van der Waals surface area contributed by atoms with Crippen LogP contribution in [0.3, 0.4) is 0 Å². The summed E-state index contributed by atoms with van der Waals surface area (Å²) in [6, 6.07) is 0. The van der Waals surface area contributed by atoms with E-state index >= 15 is 0 Å². The molecule has 414 valence electrons. The molecule has 4 rings (SSSR count). The number of esters is 4. The second-order valence-electron chi connectivity index (χ2n) is 24.3. The molecule has 4 aliphatic carbocycles. The Morgan fingerprint density at radius 2 is 1.06 bits per heavy atom. The molecule has 0 aliphatic heterocycles. The van der Waals surface area contributed by atoms with E-state index in [1.807, 2.05) is 19.9 Å². The van der Waals surface area contributed by atoms with Crippen molar-refractivity contribution in [3.8, 4) is 0 Å². The smallest absolute Gasteiger partial charge is 0.308 e. The lowest BCUT2D eigenvalue weighted by molar-refractivity contribution is -0.167. The highest BCUT2D eigenvalue weighted by Crippen LogP contribution is 2.65. The minimum atomic E-state index is -0.877. The maximum atomic E-state index is 13.6. The van der Waals surface area contributed by atoms with Crippen molar-refractivity contribution in [2.24, 2.45) is 40.4 Å². The van der Waals surface area contributed by atoms with Gasteiger partial charge in [-0.25, -0.2) is 0 Å². The van der Waals surface area contributed by atoms with Crippen LogP contribution in [0.4, 0.5) is 0 Å². The molecule has 0 aromatic heterocycles. The van der Waals surface area contributed by atoms with E-state index in [0.29, 0.717) is 55.6 Å². The molecule has 0 aromatic carbocycles. The first-order valence-corrected chi connectivity index (χ1v) is 30.8. The summed E-state index contributed by atoms with van der Waals surface area (Å²) in [6.07, 6.45) is 43.0. The second-order valence-corrected chi connectivity index (χ2v) is 24.3. The van der Waals surface area contributed by atoms with Crippen LogP contribution in [-0.2, 0) is 42.9 Å². The molecule has 0 spiro atoms. The lowest BCUT2D eigenvalue weighted by Crippen LogP contribution is -2.51. The first-order valence-electron chi connectivity index (χ1n) is 30.8. The molecule has 3 unspecified atom stereocenters. The molecule has 9 nitrogen and oxygen atoms in total. The van der Waals surface area contributed by atoms with E-state index in [4.69, 9.17) is 18.9 Å². The molecule has 0 radical (unpaired) electrons. The fourth-order valence-corrected chi connectivity index (χ4v) is 13.4. The third-order valence-electron chi connectivity index (χ3n) is 18.3. The normalized spacial score (nSPS) is 24.4. The van der Waals surface area contributed by atoms with E-state index < -0.39 is 12.1 Å². The molecule has 9 heteroatoms. The van der Waals surface area contributed by atoms with Crippen LogP contribution < -0.4 is 0 Å². The third-order valence-corrected chi connectivity index (χ3v) is 18.3. The molecule has 8 atom stereocenters. The number of ether oxygens (including phenoxy) is 4. The summed E-state index contributed by atoms with van der Waals surface area (Å²) in [5, 5.41) is 0. The Morgan fingerprint density at radius 3 is 1.56 bits per heavy atom. The van der Waals surface area contributed by atoms with Gasteiger partial charge in [-0.2, -0.15) is 0 Å². The summed E-state index contributed by atoms with van der Waals surface area (Å²) >= 11 is 0. The topological polar surface area (TPSA) is 122 Å². The largest absolute Gasteiger partial charge is 0.462 e. The minimum absolute atomic E-state index is 0.0206. The zero-order chi connectivity index (χ0) is 52.0. The van der Waals surface area contributed by atoms with Gasteiger partial charge in [0.2, 0.25) is 0 Å². The number of fused-ring (bicyclic) bond motifs is 5. The quantitative estimate of drug-likeness (QED) is 0.0335. The molecule has 4 aliphatic rings. The number of unbranched alkanes of at least 4 members (excludes halogenated alkanes) is 24. The van der Waals surface area contributed by atoms with Crippen molar-refractivity contribution in [3.63, 3.8) is 0 Å². The Balaban J connectivity index is 1.15. The summed E-state index contributed by atoms with van der Waals surface area (Å²) in [7, 11) is 0. The Bertz CT molecular complexity index is 1560. The summed E-state index contributed by atoms with van der Waals surface area (Å²) in [5.74, 6) is 0.490. The first-order chi connectivity index (χ1) is 34.8. The Hall–Kier alpha value is -2.71. The van der Waals surface area contributed by atoms with E-state index in [0.717, 1.165) is 83.5 Å². The van der Waals surface area contributed by atoms with Gasteiger partial charge in [0.1, 0.15) is 19.3 Å². The van der Waals surface area contributed by atoms with Crippen molar-refractivity contribution in [1.29, 1.82) is 0 Å². The molecule has 0 bridgehead atoms. The van der Waals surface area contributed by atoms with Gasteiger partial charge >= 0.3 is 23.9 Å². The Morgan fingerprint density at radius 1 is 0.569 bits per heavy atom. The molecular formula is C63H108O9. The van der Waals surface area contributed by atoms with Crippen molar-refractivity contribution in [1.82, 2.24) is 0 Å². The fourth-order valence-electron chi connectivity index (χ4n) is 13.4. The van der Waals surface area contributed by atoms with Gasteiger partial charge in [-0.3, -0.25) is 24.0 Å². The van der Waals surface area contributed by atoms with E-state index in [1.165, 1.54) is 134 Å².